The third-order valence-corrected chi connectivity index (χ3v) is 6.15. The van der Waals surface area contributed by atoms with Crippen molar-refractivity contribution in [3.05, 3.63) is 83.9 Å². The molecule has 0 bridgehead atoms. The summed E-state index contributed by atoms with van der Waals surface area (Å²) >= 11 is 0. The Kier molecular flexibility index (Phi) is 8.42. The summed E-state index contributed by atoms with van der Waals surface area (Å²) in [4.78, 5) is 37.8. The zero-order chi connectivity index (χ0) is 27.1. The molecule has 4 rings (SSSR count). The van der Waals surface area contributed by atoms with Crippen LogP contribution in [-0.2, 0) is 11.2 Å². The van der Waals surface area contributed by atoms with E-state index in [-0.39, 0.29) is 37.5 Å². The van der Waals surface area contributed by atoms with Crippen LogP contribution >= 0.6 is 0 Å². The topological polar surface area (TPSA) is 117 Å². The molecule has 1 saturated heterocycles. The average molecular weight is 522 g/mol. The number of urea groups is 1. The van der Waals surface area contributed by atoms with Gasteiger partial charge in [-0.05, 0) is 54.1 Å². The number of hydrogen-bond acceptors (Lipinski definition) is 5. The Morgan fingerprint density at radius 1 is 1.00 bits per heavy atom. The lowest BCUT2D eigenvalue weighted by atomic mass is 10.1. The van der Waals surface area contributed by atoms with E-state index in [9.17, 15) is 18.8 Å². The maximum absolute atomic E-state index is 14.2. The highest BCUT2D eigenvalue weighted by Crippen LogP contribution is 2.25. The van der Waals surface area contributed by atoms with Gasteiger partial charge in [-0.25, -0.2) is 14.0 Å². The quantitative estimate of drug-likeness (QED) is 0.379. The zero-order valence-corrected chi connectivity index (χ0v) is 20.7. The van der Waals surface area contributed by atoms with Gasteiger partial charge in [-0.3, -0.25) is 4.79 Å². The van der Waals surface area contributed by atoms with Crippen molar-refractivity contribution in [3.63, 3.8) is 0 Å². The Morgan fingerprint density at radius 2 is 1.71 bits per heavy atom. The molecule has 198 valence electrons. The number of para-hydroxylation sites is 2. The number of carboxylic acid groups (broad SMARTS) is 1. The van der Waals surface area contributed by atoms with Gasteiger partial charge in [-0.2, -0.15) is 0 Å². The monoisotopic (exact) mass is 521 g/mol. The Bertz CT molecular complexity index is 1280. The molecular formula is C28H28FN3O6. The molecule has 1 aliphatic heterocycles. The molecule has 3 N–H and O–H groups in total. The van der Waals surface area contributed by atoms with Gasteiger partial charge >= 0.3 is 12.0 Å². The summed E-state index contributed by atoms with van der Waals surface area (Å²) in [6, 6.07) is 18.9. The van der Waals surface area contributed by atoms with Gasteiger partial charge < -0.3 is 30.1 Å². The van der Waals surface area contributed by atoms with Crippen molar-refractivity contribution in [1.29, 1.82) is 0 Å². The number of nitrogens with one attached hydrogen (secondary N) is 2. The number of methoxy groups -OCH3 is 1. The number of hydrogen-bond donors (Lipinski definition) is 3. The number of benzene rings is 3. The number of halogens is 1. The van der Waals surface area contributed by atoms with Crippen molar-refractivity contribution in [2.45, 2.75) is 25.1 Å². The van der Waals surface area contributed by atoms with Crippen LogP contribution in [0, 0.1) is 0 Å². The maximum atomic E-state index is 14.2. The molecular weight excluding hydrogens is 493 g/mol. The highest BCUT2D eigenvalue weighted by Gasteiger charge is 2.35. The first kappa shape index (κ1) is 26.5. The lowest BCUT2D eigenvalue weighted by Gasteiger charge is -2.24. The fourth-order valence-electron chi connectivity index (χ4n) is 4.22. The Balaban J connectivity index is 1.30. The number of aromatic carboxylic acids is 1. The highest BCUT2D eigenvalue weighted by atomic mass is 19.1. The minimum atomic E-state index is -1.14. The molecule has 0 unspecified atom stereocenters. The second kappa shape index (κ2) is 12.1. The van der Waals surface area contributed by atoms with Crippen molar-refractivity contribution < 1.29 is 33.4 Å². The van der Waals surface area contributed by atoms with Gasteiger partial charge in [0.25, 0.3) is 0 Å². The summed E-state index contributed by atoms with van der Waals surface area (Å²) in [5.41, 5.74) is 1.93. The molecule has 3 aromatic rings. The number of alkyl halides is 1. The third-order valence-electron chi connectivity index (χ3n) is 6.15. The molecule has 0 saturated carbocycles. The summed E-state index contributed by atoms with van der Waals surface area (Å²) < 4.78 is 25.1. The minimum Gasteiger partial charge on any atom is -0.495 e. The minimum absolute atomic E-state index is 0.00638. The molecule has 1 aliphatic rings. The normalized spacial score (nSPS) is 16.5. The molecule has 0 aromatic heterocycles. The Hall–Kier alpha value is -4.60. The second-order valence-electron chi connectivity index (χ2n) is 8.83. The summed E-state index contributed by atoms with van der Waals surface area (Å²) in [6.07, 6.45) is -0.900. The molecule has 10 heteroatoms. The van der Waals surface area contributed by atoms with Crippen molar-refractivity contribution >= 4 is 29.3 Å². The molecule has 2 atom stereocenters. The number of carboxylic acids is 1. The Labute approximate surface area is 219 Å². The highest BCUT2D eigenvalue weighted by molar-refractivity contribution is 6.00. The van der Waals surface area contributed by atoms with Crippen LogP contribution in [-0.4, -0.2) is 60.4 Å². The van der Waals surface area contributed by atoms with Crippen molar-refractivity contribution in [2.75, 3.05) is 30.9 Å². The van der Waals surface area contributed by atoms with Crippen LogP contribution in [0.5, 0.6) is 11.5 Å². The molecule has 3 amide bonds. The molecule has 0 aliphatic carbocycles. The maximum Gasteiger partial charge on any atom is 0.335 e. The van der Waals surface area contributed by atoms with Gasteiger partial charge in [0.15, 0.2) is 0 Å². The molecule has 1 heterocycles. The van der Waals surface area contributed by atoms with Gasteiger partial charge in [0, 0.05) is 12.1 Å². The molecule has 1 fully saturated rings. The van der Waals surface area contributed by atoms with E-state index in [1.807, 2.05) is 0 Å². The van der Waals surface area contributed by atoms with Crippen LogP contribution in [0.1, 0.15) is 22.3 Å². The summed E-state index contributed by atoms with van der Waals surface area (Å²) in [5.74, 6) is -0.282. The number of nitrogens with zero attached hydrogens (tertiary/aromatic N) is 1. The largest absolute Gasteiger partial charge is 0.495 e. The summed E-state index contributed by atoms with van der Waals surface area (Å²) in [5, 5.41) is 14.5. The number of rotatable bonds is 9. The third kappa shape index (κ3) is 6.78. The molecule has 38 heavy (non-hydrogen) atoms. The van der Waals surface area contributed by atoms with Crippen LogP contribution < -0.4 is 20.1 Å². The average Bonchev–Trinajstić information content (AvgIpc) is 3.29. The van der Waals surface area contributed by atoms with Crippen LogP contribution in [0.25, 0.3) is 0 Å². The fraction of sp³-hybridized carbons (Fsp3) is 0.250. The predicted octanol–water partition coefficient (Wildman–Crippen LogP) is 4.60. The van der Waals surface area contributed by atoms with E-state index in [1.165, 1.54) is 36.3 Å². The number of carbonyl (C=O) groups excluding carboxylic acids is 2. The lowest BCUT2D eigenvalue weighted by molar-refractivity contribution is -0.132. The van der Waals surface area contributed by atoms with Gasteiger partial charge in [0.05, 0.1) is 37.4 Å². The first-order valence-corrected chi connectivity index (χ1v) is 12.0. The number of likely N-dealkylation sites (tertiary alicyclic amines) is 1. The smallest absolute Gasteiger partial charge is 0.335 e. The fourth-order valence-corrected chi connectivity index (χ4v) is 4.22. The van der Waals surface area contributed by atoms with Gasteiger partial charge in [0.2, 0.25) is 5.91 Å². The summed E-state index contributed by atoms with van der Waals surface area (Å²) in [6.45, 7) is 0.0936. The zero-order valence-electron chi connectivity index (χ0n) is 20.7. The number of carbonyl (C=O) groups is 3. The van der Waals surface area contributed by atoms with Crippen molar-refractivity contribution in [2.24, 2.45) is 0 Å². The van der Waals surface area contributed by atoms with E-state index >= 15 is 0 Å². The Morgan fingerprint density at radius 3 is 2.39 bits per heavy atom. The number of amides is 3. The first-order chi connectivity index (χ1) is 18.3. The first-order valence-electron chi connectivity index (χ1n) is 12.0. The molecule has 9 nitrogen and oxygen atoms in total. The van der Waals surface area contributed by atoms with E-state index < -0.39 is 24.2 Å². The van der Waals surface area contributed by atoms with Crippen LogP contribution in [0.2, 0.25) is 0 Å². The van der Waals surface area contributed by atoms with Crippen LogP contribution in [0.15, 0.2) is 72.8 Å². The standard InChI is InChI=1S/C28H28FN3O6/c1-37-25-5-3-2-4-24(25)31-28(36)30-21-10-6-18(7-11-21)14-26(33)32-16-20(29)15-22(32)17-38-23-12-8-19(9-13-23)27(34)35/h2-13,20,22H,14-17H2,1H3,(H,34,35)(H2,30,31,36)/t20-,22-/m0/s1. The van der Waals surface area contributed by atoms with Crippen LogP contribution in [0.4, 0.5) is 20.6 Å². The van der Waals surface area contributed by atoms with Gasteiger partial charge in [-0.1, -0.05) is 24.3 Å². The SMILES string of the molecule is COc1ccccc1NC(=O)Nc1ccc(CC(=O)N2C[C@@H](F)C[C@H]2COc2ccc(C(=O)O)cc2)cc1. The van der Waals surface area contributed by atoms with Crippen LogP contribution in [0.3, 0.4) is 0 Å². The molecule has 0 spiro atoms. The van der Waals surface area contributed by atoms with E-state index in [0.29, 0.717) is 22.9 Å². The predicted molar refractivity (Wildman–Crippen MR) is 140 cm³/mol. The van der Waals surface area contributed by atoms with E-state index in [2.05, 4.69) is 10.6 Å². The van der Waals surface area contributed by atoms with E-state index in [4.69, 9.17) is 14.6 Å². The molecule has 0 radical (unpaired) electrons. The molecule has 3 aromatic carbocycles. The summed E-state index contributed by atoms with van der Waals surface area (Å²) in [7, 11) is 1.52. The number of ether oxygens (including phenoxy) is 2. The second-order valence-corrected chi connectivity index (χ2v) is 8.83. The van der Waals surface area contributed by atoms with Gasteiger partial charge in [0.1, 0.15) is 24.3 Å². The van der Waals surface area contributed by atoms with Gasteiger partial charge in [-0.15, -0.1) is 0 Å². The number of anilines is 2. The van der Waals surface area contributed by atoms with E-state index in [0.717, 1.165) is 5.56 Å². The lowest BCUT2D eigenvalue weighted by Crippen LogP contribution is -2.40. The van der Waals surface area contributed by atoms with Crippen molar-refractivity contribution in [3.8, 4) is 11.5 Å². The van der Waals surface area contributed by atoms with Crippen molar-refractivity contribution in [1.82, 2.24) is 4.90 Å². The van der Waals surface area contributed by atoms with E-state index in [1.54, 1.807) is 48.5 Å².